The van der Waals surface area contributed by atoms with Crippen LogP contribution in [0.5, 0.6) is 0 Å². The Bertz CT molecular complexity index is 1030. The van der Waals surface area contributed by atoms with Crippen LogP contribution in [0.1, 0.15) is 16.8 Å². The second kappa shape index (κ2) is 9.94. The van der Waals surface area contributed by atoms with Crippen molar-refractivity contribution in [2.24, 2.45) is 0 Å². The highest BCUT2D eigenvalue weighted by Gasteiger charge is 2.23. The molecular formula is C23H22BrNO3S. The Balaban J connectivity index is 2.02. The number of rotatable bonds is 7. The van der Waals surface area contributed by atoms with Crippen molar-refractivity contribution < 1.29 is 14.3 Å². The normalized spacial score (nSPS) is 11.8. The topological polar surface area (TPSA) is 55.4 Å². The quantitative estimate of drug-likeness (QED) is 0.475. The second-order valence-electron chi connectivity index (χ2n) is 6.55. The van der Waals surface area contributed by atoms with Crippen molar-refractivity contribution in [3.05, 3.63) is 70.7 Å². The van der Waals surface area contributed by atoms with E-state index in [9.17, 15) is 9.59 Å². The highest BCUT2D eigenvalue weighted by atomic mass is 79.9. The second-order valence-corrected chi connectivity index (χ2v) is 8.45. The monoisotopic (exact) mass is 471 g/mol. The minimum atomic E-state index is -0.677. The smallest absolute Gasteiger partial charge is 0.328 e. The molecule has 0 aromatic heterocycles. The molecule has 0 radical (unpaired) electrons. The van der Waals surface area contributed by atoms with Gasteiger partial charge in [0.15, 0.2) is 0 Å². The van der Waals surface area contributed by atoms with Crippen LogP contribution in [0, 0.1) is 0 Å². The number of nitrogens with one attached hydrogen (secondary N) is 1. The molecule has 0 fully saturated rings. The van der Waals surface area contributed by atoms with Crippen molar-refractivity contribution in [3.8, 4) is 11.1 Å². The van der Waals surface area contributed by atoms with Gasteiger partial charge in [-0.25, -0.2) is 4.79 Å². The van der Waals surface area contributed by atoms with Crippen molar-refractivity contribution in [2.45, 2.75) is 12.5 Å². The summed E-state index contributed by atoms with van der Waals surface area (Å²) in [7, 11) is 1.34. The summed E-state index contributed by atoms with van der Waals surface area (Å²) in [6.45, 7) is 0. The number of esters is 1. The Morgan fingerprint density at radius 3 is 2.59 bits per heavy atom. The van der Waals surface area contributed by atoms with Crippen molar-refractivity contribution in [1.82, 2.24) is 5.32 Å². The van der Waals surface area contributed by atoms with E-state index in [1.165, 1.54) is 7.11 Å². The molecule has 29 heavy (non-hydrogen) atoms. The molecule has 3 aromatic carbocycles. The number of amides is 1. The third-order valence-corrected chi connectivity index (χ3v) is 5.84. The van der Waals surface area contributed by atoms with Crippen LogP contribution in [0.2, 0.25) is 0 Å². The molecule has 1 atom stereocenters. The number of ether oxygens (including phenoxy) is 1. The first kappa shape index (κ1) is 21.4. The van der Waals surface area contributed by atoms with Gasteiger partial charge in [0.25, 0.3) is 5.91 Å². The van der Waals surface area contributed by atoms with Crippen molar-refractivity contribution in [3.63, 3.8) is 0 Å². The predicted octanol–water partition coefficient (Wildman–Crippen LogP) is 5.29. The van der Waals surface area contributed by atoms with Gasteiger partial charge >= 0.3 is 5.97 Å². The number of carbonyl (C=O) groups excluding carboxylic acids is 2. The Morgan fingerprint density at radius 2 is 1.83 bits per heavy atom. The van der Waals surface area contributed by atoms with Crippen LogP contribution in [0.4, 0.5) is 0 Å². The number of hydrogen-bond donors (Lipinski definition) is 1. The molecule has 1 unspecified atom stereocenters. The number of thioether (sulfide) groups is 1. The van der Waals surface area contributed by atoms with Gasteiger partial charge in [0.1, 0.15) is 6.04 Å². The molecule has 1 amide bonds. The first-order valence-corrected chi connectivity index (χ1v) is 11.4. The van der Waals surface area contributed by atoms with Gasteiger partial charge in [0, 0.05) is 10.0 Å². The van der Waals surface area contributed by atoms with Gasteiger partial charge in [0.2, 0.25) is 0 Å². The lowest BCUT2D eigenvalue weighted by Gasteiger charge is -2.18. The van der Waals surface area contributed by atoms with E-state index >= 15 is 0 Å². The summed E-state index contributed by atoms with van der Waals surface area (Å²) in [6, 6.07) is 19.0. The standard InChI is InChI=1S/C23H22BrNO3S/c1-28-23(27)21(12-13-29-2)25-22(26)19-11-10-16(24)14-20(19)18-9-5-7-15-6-3-4-8-17(15)18/h3-11,14,21H,12-13H2,1-2H3,(H,25,26). The number of halogens is 1. The molecule has 0 bridgehead atoms. The van der Waals surface area contributed by atoms with Crippen LogP contribution in [-0.2, 0) is 9.53 Å². The highest BCUT2D eigenvalue weighted by Crippen LogP contribution is 2.33. The van der Waals surface area contributed by atoms with E-state index in [0.717, 1.165) is 32.1 Å². The van der Waals surface area contributed by atoms with Crippen LogP contribution >= 0.6 is 27.7 Å². The fraction of sp³-hybridized carbons (Fsp3) is 0.217. The Labute approximate surface area is 183 Å². The largest absolute Gasteiger partial charge is 0.467 e. The molecule has 6 heteroatoms. The summed E-state index contributed by atoms with van der Waals surface area (Å²) in [4.78, 5) is 25.3. The summed E-state index contributed by atoms with van der Waals surface area (Å²) in [5.74, 6) is 0.0180. The average molecular weight is 472 g/mol. The summed E-state index contributed by atoms with van der Waals surface area (Å²) in [5, 5.41) is 5.02. The lowest BCUT2D eigenvalue weighted by Crippen LogP contribution is -2.42. The zero-order valence-corrected chi connectivity index (χ0v) is 18.7. The zero-order chi connectivity index (χ0) is 20.8. The third kappa shape index (κ3) is 5.00. The molecule has 4 nitrogen and oxygen atoms in total. The SMILES string of the molecule is COC(=O)C(CCSC)NC(=O)c1ccc(Br)cc1-c1cccc2ccccc12. The van der Waals surface area contributed by atoms with E-state index < -0.39 is 12.0 Å². The van der Waals surface area contributed by atoms with E-state index in [2.05, 4.69) is 21.2 Å². The van der Waals surface area contributed by atoms with Crippen LogP contribution in [-0.4, -0.2) is 37.0 Å². The molecule has 0 aliphatic carbocycles. The molecule has 0 heterocycles. The van der Waals surface area contributed by atoms with E-state index in [4.69, 9.17) is 4.74 Å². The van der Waals surface area contributed by atoms with E-state index in [-0.39, 0.29) is 5.91 Å². The van der Waals surface area contributed by atoms with Crippen LogP contribution in [0.15, 0.2) is 65.1 Å². The summed E-state index contributed by atoms with van der Waals surface area (Å²) in [5.41, 5.74) is 2.29. The third-order valence-electron chi connectivity index (χ3n) is 4.71. The van der Waals surface area contributed by atoms with Crippen LogP contribution < -0.4 is 5.32 Å². The van der Waals surface area contributed by atoms with Crippen LogP contribution in [0.3, 0.4) is 0 Å². The summed E-state index contributed by atoms with van der Waals surface area (Å²) >= 11 is 5.14. The Hall–Kier alpha value is -2.31. The molecule has 0 spiro atoms. The number of methoxy groups -OCH3 is 1. The van der Waals surface area contributed by atoms with E-state index in [0.29, 0.717) is 12.0 Å². The molecule has 0 saturated heterocycles. The maximum Gasteiger partial charge on any atom is 0.328 e. The molecule has 0 saturated carbocycles. The van der Waals surface area contributed by atoms with E-state index in [1.54, 1.807) is 17.8 Å². The highest BCUT2D eigenvalue weighted by molar-refractivity contribution is 9.10. The Morgan fingerprint density at radius 1 is 1.07 bits per heavy atom. The minimum absolute atomic E-state index is 0.295. The van der Waals surface area contributed by atoms with Gasteiger partial charge in [-0.15, -0.1) is 0 Å². The van der Waals surface area contributed by atoms with Crippen molar-refractivity contribution in [2.75, 3.05) is 19.1 Å². The molecule has 3 aromatic rings. The van der Waals surface area contributed by atoms with Crippen LogP contribution in [0.25, 0.3) is 21.9 Å². The van der Waals surface area contributed by atoms with Gasteiger partial charge in [-0.2, -0.15) is 11.8 Å². The molecule has 3 rings (SSSR count). The zero-order valence-electron chi connectivity index (χ0n) is 16.3. The minimum Gasteiger partial charge on any atom is -0.467 e. The van der Waals surface area contributed by atoms with Crippen molar-refractivity contribution >= 4 is 50.3 Å². The predicted molar refractivity (Wildman–Crippen MR) is 123 cm³/mol. The molecule has 150 valence electrons. The maximum atomic E-state index is 13.1. The van der Waals surface area contributed by atoms with Gasteiger partial charge in [-0.05, 0) is 58.5 Å². The lowest BCUT2D eigenvalue weighted by atomic mass is 9.94. The first-order chi connectivity index (χ1) is 14.0. The maximum absolute atomic E-state index is 13.1. The molecular weight excluding hydrogens is 450 g/mol. The molecule has 0 aliphatic heterocycles. The fourth-order valence-corrected chi connectivity index (χ4v) is 4.09. The first-order valence-electron chi connectivity index (χ1n) is 9.20. The average Bonchev–Trinajstić information content (AvgIpc) is 2.75. The number of carbonyl (C=O) groups is 2. The van der Waals surface area contributed by atoms with Crippen molar-refractivity contribution in [1.29, 1.82) is 0 Å². The fourth-order valence-electron chi connectivity index (χ4n) is 3.26. The van der Waals surface area contributed by atoms with Gasteiger partial charge in [-0.1, -0.05) is 58.4 Å². The summed E-state index contributed by atoms with van der Waals surface area (Å²) < 4.78 is 5.75. The van der Waals surface area contributed by atoms with Gasteiger partial charge in [-0.3, -0.25) is 4.79 Å². The van der Waals surface area contributed by atoms with E-state index in [1.807, 2.05) is 60.9 Å². The molecule has 1 N–H and O–H groups in total. The van der Waals surface area contributed by atoms with Gasteiger partial charge < -0.3 is 10.1 Å². The summed E-state index contributed by atoms with van der Waals surface area (Å²) in [6.07, 6.45) is 2.48. The van der Waals surface area contributed by atoms with Gasteiger partial charge in [0.05, 0.1) is 7.11 Å². The number of hydrogen-bond acceptors (Lipinski definition) is 4. The lowest BCUT2D eigenvalue weighted by molar-refractivity contribution is -0.142. The Kier molecular flexibility index (Phi) is 7.34. The number of fused-ring (bicyclic) bond motifs is 1. The number of benzene rings is 3. The molecule has 0 aliphatic rings.